The fourth-order valence-corrected chi connectivity index (χ4v) is 297. The fourth-order valence-electron chi connectivity index (χ4n) is 3.47. The van der Waals surface area contributed by atoms with Crippen LogP contribution in [-0.4, -0.2) is 4.98 Å². The van der Waals surface area contributed by atoms with E-state index in [0.717, 1.165) is 16.3 Å². The Labute approximate surface area is 1080 Å². The molecule has 0 aliphatic rings. The number of rotatable bonds is 2. The molecule has 0 radical (unpaired) electrons. The Balaban J connectivity index is 0.00000251. The monoisotopic (exact) mass is 3830 g/mol. The van der Waals surface area contributed by atoms with Gasteiger partial charge in [0, 0.05) is 1010 Å². The van der Waals surface area contributed by atoms with Crippen LogP contribution >= 0.6 is 11.6 Å². The van der Waals surface area contributed by atoms with E-state index in [1.165, 1.54) is 34.5 Å². The Bertz CT molecular complexity index is 9770. The molecule has 1 heterocycles. The molecule has 3 aromatic rings. The van der Waals surface area contributed by atoms with Gasteiger partial charge in [-0.05, 0) is 36.2 Å². The lowest BCUT2D eigenvalue weighted by Crippen LogP contribution is -1.89. The van der Waals surface area contributed by atoms with Gasteiger partial charge in [-0.25, -0.2) is 0 Å². The normalized spacial score (nSPS) is 8.29. The van der Waals surface area contributed by atoms with Gasteiger partial charge in [0.15, 0.2) is 0 Å². The minimum Gasteiger partial charge on any atom is -0.256 e. The maximum Gasteiger partial charge on any atom is 0.0705 e. The van der Waals surface area contributed by atoms with E-state index in [2.05, 4.69) is 30.1 Å². The van der Waals surface area contributed by atoms with Crippen molar-refractivity contribution in [3.8, 4) is 22.4 Å². The van der Waals surface area contributed by atoms with Gasteiger partial charge in [-0.2, -0.15) is 0 Å². The van der Waals surface area contributed by atoms with Crippen molar-refractivity contribution < 1.29 is 0 Å². The zero-order valence-corrected chi connectivity index (χ0v) is 148. The Morgan fingerprint density at radius 3 is 0.420 bits per heavy atom. The summed E-state index contributed by atoms with van der Waals surface area (Å²) < 4.78 is 0. The van der Waals surface area contributed by atoms with Crippen molar-refractivity contribution in [1.82, 2.24) is 4.98 Å². The summed E-state index contributed by atoms with van der Waals surface area (Å²) in [4.78, 5) is 4.57. The second-order valence-corrected chi connectivity index (χ2v) is 205. The summed E-state index contributed by atoms with van der Waals surface area (Å²) in [5, 5.41) is 0.742. The van der Waals surface area contributed by atoms with Crippen LogP contribution in [0, 0.1) is 6.92 Å². The Kier molecular flexibility index (Phi) is 153. The molecule has 0 saturated carbocycles. The van der Waals surface area contributed by atoms with E-state index in [-0.39, 0.29) is 0 Å². The molecule has 764 valence electrons. The van der Waals surface area contributed by atoms with Crippen molar-refractivity contribution in [2.45, 2.75) is 6.92 Å². The van der Waals surface area contributed by atoms with Gasteiger partial charge in [0.1, 0.15) is 0 Å². The number of aromatic nitrogens is 1. The molecule has 1 aromatic heterocycles. The lowest BCUT2D eigenvalue weighted by molar-refractivity contribution is 1.29. The lowest BCUT2D eigenvalue weighted by Gasteiger charge is -2.08. The highest BCUT2D eigenvalue weighted by Crippen LogP contribution is 2.27. The third-order valence-corrected chi connectivity index (χ3v) is 247. The average Bonchev–Trinajstić information content (AvgIpc) is 0.820. The molecular formula is C18H14ClNS111. The minimum absolute atomic E-state index is 0.742. The number of benzene rings is 2. The largest absolute Gasteiger partial charge is 0.256 e. The number of hydrogen-bond donors (Lipinski definition) is 0. The molecule has 131 heavy (non-hydrogen) atoms. The van der Waals surface area contributed by atoms with Crippen molar-refractivity contribution in [1.29, 1.82) is 0 Å². The van der Waals surface area contributed by atoms with Gasteiger partial charge in [0.05, 0.1) is 5.69 Å². The molecule has 0 aliphatic heterocycles. The van der Waals surface area contributed by atoms with Gasteiger partial charge in [-0.1, -0.05) is 54.1 Å². The topological polar surface area (TPSA) is 12.9 Å². The van der Waals surface area contributed by atoms with Gasteiger partial charge in [0.2, 0.25) is 0 Å². The van der Waals surface area contributed by atoms with E-state index < -0.39 is 0 Å². The van der Waals surface area contributed by atoms with Crippen LogP contribution < -0.4 is 0 Å². The summed E-state index contributed by atoms with van der Waals surface area (Å²) in [6, 6.07) is 20.2. The molecule has 0 saturated heterocycles. The first-order valence-electron chi connectivity index (χ1n) is 24.9. The third-order valence-electron chi connectivity index (χ3n) is 6.34. The third kappa shape index (κ3) is 120. The minimum atomic E-state index is 0.742. The highest BCUT2D eigenvalue weighted by Gasteiger charge is 2.05. The highest BCUT2D eigenvalue weighted by molar-refractivity contribution is 8.88. The summed E-state index contributed by atoms with van der Waals surface area (Å²) in [7, 11) is 198. The smallest absolute Gasteiger partial charge is 0.0705 e. The summed E-state index contributed by atoms with van der Waals surface area (Å²) in [6.45, 7) is 2.11. The molecule has 0 unspecified atom stereocenters. The van der Waals surface area contributed by atoms with E-state index in [0.29, 0.717) is 0 Å². The van der Waals surface area contributed by atoms with Crippen LogP contribution in [0.5, 0.6) is 0 Å². The van der Waals surface area contributed by atoms with Crippen molar-refractivity contribution in [2.75, 3.05) is 0 Å². The van der Waals surface area contributed by atoms with Crippen molar-refractivity contribution in [3.05, 3.63) is 77.4 Å². The molecule has 0 amide bonds. The quantitative estimate of drug-likeness (QED) is 0.355. The van der Waals surface area contributed by atoms with Gasteiger partial charge < -0.3 is 0 Å². The fraction of sp³-hybridized carbons (Fsp3) is 0.0556. The molecule has 113 heteroatoms. The molecule has 0 bridgehead atoms. The molecule has 0 fully saturated rings. The number of hydrogen-bond acceptors (Lipinski definition) is 3. The average molecular weight is 3840 g/mol. The van der Waals surface area contributed by atoms with Gasteiger partial charge in [-0.3, -0.25) is 4.98 Å². The van der Waals surface area contributed by atoms with E-state index in [1.54, 1.807) is 107 Å². The maximum absolute atomic E-state index is 5.92. The zero-order chi connectivity index (χ0) is 93.0. The Morgan fingerprint density at radius 1 is 0.168 bits per heavy atom. The number of aryl methyl sites for hydroxylation is 1. The van der Waals surface area contributed by atoms with E-state index >= 15 is 0 Å². The molecular weight excluding hydrogens is 3830 g/mol. The summed E-state index contributed by atoms with van der Waals surface area (Å²) in [6.07, 6.45) is 1.94. The first-order chi connectivity index (χ1) is 65.2. The molecule has 2 aromatic carbocycles. The standard InChI is InChI=1S/C18H14ClN.S111/c1-13-11-18(15-7-9-16(19)10-8-15)20-12-17(13)14-5-3-2-4-6-14;1-3-5-7-9-11-13-15-17-19-21-23-25-27-29-31-33-35-37-39-41-43-45-47-49-51-53-55-57-59-61-63-65-67-69-71-73-75-77-79-81-83-85-87-89-91-93-95-97-99-101-103-105-107-109-111-110-108-106-104-102-100-98-96-94-92-90-88-86-84-82-80-78-76-74-72-70-68-66-64-62-60-58-56-54-52-50-48-46-44-42-40-38-36-34-32-30-28-26-24-22-20-18-16-14-12-10-8-6-4-2/h2-12H,1H3;. The van der Waals surface area contributed by atoms with Gasteiger partial charge in [0.25, 0.3) is 0 Å². The first kappa shape index (κ1) is 149. The molecule has 3 rings (SSSR count). The zero-order valence-electron chi connectivity index (χ0n) is 56.5. The van der Waals surface area contributed by atoms with Crippen LogP contribution in [-0.2, 0) is 990 Å². The van der Waals surface area contributed by atoms with Crippen LogP contribution in [0.15, 0.2) is 66.9 Å². The van der Waals surface area contributed by atoms with Crippen molar-refractivity contribution >= 4 is 1000 Å². The summed E-state index contributed by atoms with van der Waals surface area (Å²) in [5.74, 6) is 0. The second kappa shape index (κ2) is 134. The SMILES string of the molecule is Cc1cc(-c2ccc(Cl)cc2)ncc1-c1ccccc1.S=S=S=S=S=S=S=S=S=S=S=S=S=S=S=S=S=S=S=S=S=S=S=S=S=S=S=S=S=S=S=S=S=S=S=S=S=S=S=S=S=S=S=S=S=S=S=S=S=S=S=S=S=S=S=S=S=S=S=S=S=S=S=S=S=S=S=S=S=S=S=S=S=S=S=S=S=S=S=S=S=S=S=S=S=S=S=S=S=S=S=S=S=S=S=S=S=S=S=S=S=S=S=S=S=S=S=S=S=S=S. The van der Waals surface area contributed by atoms with Crippen LogP contribution in [0.25, 0.3) is 22.4 Å². The molecule has 0 N–H and O–H groups in total. The van der Waals surface area contributed by atoms with E-state index in [1.807, 2.05) is 892 Å². The summed E-state index contributed by atoms with van der Waals surface area (Å²) in [5.41, 5.74) is 5.63. The first-order valence-corrected chi connectivity index (χ1v) is 172. The van der Waals surface area contributed by atoms with Crippen LogP contribution in [0.2, 0.25) is 5.02 Å². The molecule has 0 aliphatic carbocycles. The van der Waals surface area contributed by atoms with Crippen molar-refractivity contribution in [2.24, 2.45) is 0 Å². The van der Waals surface area contributed by atoms with E-state index in [9.17, 15) is 0 Å². The predicted octanol–water partition coefficient (Wildman–Crippen LogP) is 5.11. The molecule has 0 atom stereocenters. The van der Waals surface area contributed by atoms with E-state index in [4.69, 9.17) is 34.0 Å². The van der Waals surface area contributed by atoms with Gasteiger partial charge >= 0.3 is 0 Å². The second-order valence-electron chi connectivity index (χ2n) is 12.2. The maximum atomic E-state index is 5.92. The molecule has 0 spiro atoms. The van der Waals surface area contributed by atoms with Crippen LogP contribution in [0.1, 0.15) is 5.56 Å². The number of halogens is 1. The lowest BCUT2D eigenvalue weighted by atomic mass is 10.0. The van der Waals surface area contributed by atoms with Crippen LogP contribution in [0.4, 0.5) is 0 Å². The Morgan fingerprint density at radius 2 is 0.298 bits per heavy atom. The molecule has 1 nitrogen and oxygen atoms in total. The highest BCUT2D eigenvalue weighted by atomic mass is 35.5. The Hall–Kier alpha value is 22.3. The number of nitrogens with zero attached hydrogens (tertiary/aromatic N) is 1. The number of pyridine rings is 1. The predicted molar refractivity (Wildman–Crippen MR) is 902 cm³/mol. The van der Waals surface area contributed by atoms with Crippen molar-refractivity contribution in [3.63, 3.8) is 0 Å². The van der Waals surface area contributed by atoms with Gasteiger partial charge in [-0.15, -0.1) is 0 Å². The van der Waals surface area contributed by atoms with Crippen LogP contribution in [0.3, 0.4) is 0 Å². The summed E-state index contributed by atoms with van der Waals surface area (Å²) >= 11 is 15.6.